The van der Waals surface area contributed by atoms with Crippen molar-refractivity contribution in [1.29, 1.82) is 0 Å². The van der Waals surface area contributed by atoms with Crippen molar-refractivity contribution in [2.75, 3.05) is 19.6 Å². The van der Waals surface area contributed by atoms with Crippen LogP contribution in [0, 0.1) is 5.82 Å². The lowest BCUT2D eigenvalue weighted by Gasteiger charge is -2.19. The molecule has 1 rings (SSSR count). The molecule has 24 heavy (non-hydrogen) atoms. The van der Waals surface area contributed by atoms with Crippen LogP contribution < -0.4 is 16.0 Å². The fraction of sp³-hybridized carbons (Fsp3) is 0.529. The summed E-state index contributed by atoms with van der Waals surface area (Å²) in [6.07, 6.45) is -0.461. The predicted octanol–water partition coefficient (Wildman–Crippen LogP) is 2.41. The molecule has 0 aliphatic carbocycles. The summed E-state index contributed by atoms with van der Waals surface area (Å²) < 4.78 is 18.7. The smallest absolute Gasteiger partial charge is 0.407 e. The SMILES string of the molecule is CCNC(=NCc1ccccc1F)NCCNC(=O)OC(C)(C)C. The van der Waals surface area contributed by atoms with Crippen LogP contribution in [0.1, 0.15) is 33.3 Å². The molecule has 0 saturated heterocycles. The number of benzene rings is 1. The lowest BCUT2D eigenvalue weighted by Crippen LogP contribution is -2.42. The number of hydrogen-bond donors (Lipinski definition) is 3. The Morgan fingerprint density at radius 2 is 1.83 bits per heavy atom. The van der Waals surface area contributed by atoms with Crippen LogP contribution in [0.25, 0.3) is 0 Å². The van der Waals surface area contributed by atoms with Gasteiger partial charge in [0.1, 0.15) is 11.4 Å². The summed E-state index contributed by atoms with van der Waals surface area (Å²) in [6.45, 7) is 9.15. The van der Waals surface area contributed by atoms with Crippen molar-refractivity contribution in [2.24, 2.45) is 4.99 Å². The van der Waals surface area contributed by atoms with Crippen molar-refractivity contribution < 1.29 is 13.9 Å². The quantitative estimate of drug-likeness (QED) is 0.423. The Labute approximate surface area is 142 Å². The normalized spacial score (nSPS) is 11.8. The van der Waals surface area contributed by atoms with Crippen molar-refractivity contribution in [2.45, 2.75) is 39.8 Å². The van der Waals surface area contributed by atoms with Crippen LogP contribution in [0.4, 0.5) is 9.18 Å². The zero-order valence-corrected chi connectivity index (χ0v) is 14.8. The monoisotopic (exact) mass is 338 g/mol. The number of rotatable bonds is 6. The molecule has 1 aromatic rings. The first kappa shape index (κ1) is 19.7. The van der Waals surface area contributed by atoms with Gasteiger partial charge in [0.2, 0.25) is 0 Å². The highest BCUT2D eigenvalue weighted by Gasteiger charge is 2.15. The Morgan fingerprint density at radius 1 is 1.17 bits per heavy atom. The van der Waals surface area contributed by atoms with Gasteiger partial charge in [-0.05, 0) is 33.8 Å². The minimum Gasteiger partial charge on any atom is -0.444 e. The van der Waals surface area contributed by atoms with Crippen molar-refractivity contribution in [3.8, 4) is 0 Å². The van der Waals surface area contributed by atoms with E-state index in [1.165, 1.54) is 6.07 Å². The van der Waals surface area contributed by atoms with E-state index in [0.717, 1.165) is 0 Å². The average Bonchev–Trinajstić information content (AvgIpc) is 2.48. The summed E-state index contributed by atoms with van der Waals surface area (Å²) in [7, 11) is 0. The van der Waals surface area contributed by atoms with E-state index >= 15 is 0 Å². The highest BCUT2D eigenvalue weighted by Crippen LogP contribution is 2.07. The number of halogens is 1. The maximum absolute atomic E-state index is 13.6. The number of hydrogen-bond acceptors (Lipinski definition) is 3. The number of amides is 1. The van der Waals surface area contributed by atoms with Gasteiger partial charge in [0.15, 0.2) is 5.96 Å². The highest BCUT2D eigenvalue weighted by molar-refractivity contribution is 5.79. The molecule has 3 N–H and O–H groups in total. The predicted molar refractivity (Wildman–Crippen MR) is 93.5 cm³/mol. The molecule has 0 fully saturated rings. The average molecular weight is 338 g/mol. The van der Waals surface area contributed by atoms with Gasteiger partial charge >= 0.3 is 6.09 Å². The number of carbonyl (C=O) groups excluding carboxylic acids is 1. The summed E-state index contributed by atoms with van der Waals surface area (Å²) in [6, 6.07) is 6.54. The molecule has 0 radical (unpaired) electrons. The fourth-order valence-electron chi connectivity index (χ4n) is 1.79. The van der Waals surface area contributed by atoms with Gasteiger partial charge in [-0.25, -0.2) is 14.2 Å². The standard InChI is InChI=1S/C17H27FN4O2/c1-5-19-15(22-12-13-8-6-7-9-14(13)18)20-10-11-21-16(23)24-17(2,3)4/h6-9H,5,10-12H2,1-4H3,(H,21,23)(H2,19,20,22). The van der Waals surface area contributed by atoms with Crippen molar-refractivity contribution >= 4 is 12.1 Å². The second-order valence-electron chi connectivity index (χ2n) is 6.14. The van der Waals surface area contributed by atoms with Gasteiger partial charge < -0.3 is 20.7 Å². The minimum atomic E-state index is -0.520. The number of carbonyl (C=O) groups is 1. The van der Waals surface area contributed by atoms with Crippen molar-refractivity contribution in [1.82, 2.24) is 16.0 Å². The van der Waals surface area contributed by atoms with Gasteiger partial charge in [0.05, 0.1) is 6.54 Å². The lowest BCUT2D eigenvalue weighted by molar-refractivity contribution is 0.0529. The fourth-order valence-corrected chi connectivity index (χ4v) is 1.79. The van der Waals surface area contributed by atoms with Crippen LogP contribution in [0.2, 0.25) is 0 Å². The summed E-state index contributed by atoms with van der Waals surface area (Å²) in [5, 5.41) is 8.80. The van der Waals surface area contributed by atoms with E-state index in [1.54, 1.807) is 18.2 Å². The Kier molecular flexibility index (Phi) is 8.01. The zero-order valence-electron chi connectivity index (χ0n) is 14.8. The van der Waals surface area contributed by atoms with Gasteiger partial charge in [-0.15, -0.1) is 0 Å². The molecular formula is C17H27FN4O2. The number of aliphatic imine (C=N–C) groups is 1. The van der Waals surface area contributed by atoms with Crippen molar-refractivity contribution in [3.63, 3.8) is 0 Å². The molecule has 0 spiro atoms. The Morgan fingerprint density at radius 3 is 2.46 bits per heavy atom. The van der Waals surface area contributed by atoms with E-state index in [1.807, 2.05) is 27.7 Å². The molecule has 1 aromatic carbocycles. The number of nitrogens with zero attached hydrogens (tertiary/aromatic N) is 1. The van der Waals surface area contributed by atoms with Crippen molar-refractivity contribution in [3.05, 3.63) is 35.6 Å². The third kappa shape index (κ3) is 8.36. The number of alkyl carbamates (subject to hydrolysis) is 1. The van der Waals surface area contributed by atoms with E-state index in [2.05, 4.69) is 20.9 Å². The second-order valence-corrected chi connectivity index (χ2v) is 6.14. The third-order valence-corrected chi connectivity index (χ3v) is 2.80. The van der Waals surface area contributed by atoms with E-state index in [-0.39, 0.29) is 12.4 Å². The highest BCUT2D eigenvalue weighted by atomic mass is 19.1. The van der Waals surface area contributed by atoms with Crippen LogP contribution in [0.5, 0.6) is 0 Å². The second kappa shape index (κ2) is 9.75. The Hall–Kier alpha value is -2.31. The largest absolute Gasteiger partial charge is 0.444 e. The van der Waals surface area contributed by atoms with E-state index in [9.17, 15) is 9.18 Å². The summed E-state index contributed by atoms with van der Waals surface area (Å²) in [5.74, 6) is 0.287. The molecule has 0 unspecified atom stereocenters. The van der Waals surface area contributed by atoms with Gasteiger partial charge in [-0.2, -0.15) is 0 Å². The summed E-state index contributed by atoms with van der Waals surface area (Å²) in [5.41, 5.74) is 0.00906. The maximum atomic E-state index is 13.6. The molecular weight excluding hydrogens is 311 g/mol. The Balaban J connectivity index is 2.42. The Bertz CT molecular complexity index is 556. The molecule has 0 saturated carbocycles. The number of guanidine groups is 1. The molecule has 7 heteroatoms. The molecule has 0 atom stereocenters. The summed E-state index contributed by atoms with van der Waals surface area (Å²) >= 11 is 0. The molecule has 1 amide bonds. The summed E-state index contributed by atoms with van der Waals surface area (Å²) in [4.78, 5) is 15.9. The van der Waals surface area contributed by atoms with Gasteiger partial charge in [-0.3, -0.25) is 0 Å². The topological polar surface area (TPSA) is 74.8 Å². The molecule has 0 heterocycles. The maximum Gasteiger partial charge on any atom is 0.407 e. The number of nitrogens with one attached hydrogen (secondary N) is 3. The van der Waals surface area contributed by atoms with E-state index < -0.39 is 11.7 Å². The molecule has 134 valence electrons. The van der Waals surface area contributed by atoms with Crippen LogP contribution in [0.15, 0.2) is 29.3 Å². The van der Waals surface area contributed by atoms with E-state index in [0.29, 0.717) is 31.2 Å². The first-order valence-corrected chi connectivity index (χ1v) is 8.04. The van der Waals surface area contributed by atoms with Crippen LogP contribution in [0.3, 0.4) is 0 Å². The van der Waals surface area contributed by atoms with Gasteiger partial charge in [-0.1, -0.05) is 18.2 Å². The molecule has 0 aliphatic rings. The zero-order chi connectivity index (χ0) is 18.0. The van der Waals surface area contributed by atoms with Crippen LogP contribution in [-0.4, -0.2) is 37.3 Å². The third-order valence-electron chi connectivity index (χ3n) is 2.80. The first-order valence-electron chi connectivity index (χ1n) is 8.04. The van der Waals surface area contributed by atoms with Gasteiger partial charge in [0.25, 0.3) is 0 Å². The number of ether oxygens (including phenoxy) is 1. The molecule has 0 aromatic heterocycles. The molecule has 0 bridgehead atoms. The molecule has 6 nitrogen and oxygen atoms in total. The van der Waals surface area contributed by atoms with Gasteiger partial charge in [0, 0.05) is 25.2 Å². The molecule has 0 aliphatic heterocycles. The first-order chi connectivity index (χ1) is 11.3. The minimum absolute atomic E-state index is 0.238. The lowest BCUT2D eigenvalue weighted by atomic mass is 10.2. The van der Waals surface area contributed by atoms with E-state index in [4.69, 9.17) is 4.74 Å². The van der Waals surface area contributed by atoms with Crippen LogP contribution >= 0.6 is 0 Å². The van der Waals surface area contributed by atoms with Crippen LogP contribution in [-0.2, 0) is 11.3 Å².